The van der Waals surface area contributed by atoms with Crippen molar-refractivity contribution in [3.05, 3.63) is 54.8 Å². The third-order valence-electron chi connectivity index (χ3n) is 4.32. The second-order valence-electron chi connectivity index (χ2n) is 6.05. The molecule has 0 aromatic carbocycles. The summed E-state index contributed by atoms with van der Waals surface area (Å²) in [7, 11) is 0. The maximum absolute atomic E-state index is 12.7. The number of hydrogen-bond donors (Lipinski definition) is 1. The van der Waals surface area contributed by atoms with Gasteiger partial charge in [-0.25, -0.2) is 0 Å². The highest BCUT2D eigenvalue weighted by molar-refractivity contribution is 5.92. The summed E-state index contributed by atoms with van der Waals surface area (Å²) in [6.45, 7) is 6.79. The number of piperidine rings is 1. The van der Waals surface area contributed by atoms with Crippen molar-refractivity contribution in [1.29, 1.82) is 0 Å². The second-order valence-corrected chi connectivity index (χ2v) is 6.05. The molecule has 1 amide bonds. The average Bonchev–Trinajstić information content (AvgIpc) is 3.30. The number of carbonyl (C=O) groups is 1. The molecular weight excluding hydrogens is 304 g/mol. The van der Waals surface area contributed by atoms with E-state index in [9.17, 15) is 4.79 Å². The van der Waals surface area contributed by atoms with E-state index in [-0.39, 0.29) is 5.91 Å². The number of rotatable bonds is 7. The fraction of sp³-hybridized carbons (Fsp3) is 0.444. The zero-order valence-corrected chi connectivity index (χ0v) is 13.9. The van der Waals surface area contributed by atoms with E-state index in [0.717, 1.165) is 31.7 Å². The molecule has 1 aliphatic rings. The number of aromatic nitrogens is 2. The normalized spacial score (nSPS) is 17.6. The van der Waals surface area contributed by atoms with E-state index in [1.807, 2.05) is 23.0 Å². The number of hydrogen-bond acceptors (Lipinski definition) is 4. The lowest BCUT2D eigenvalue weighted by Gasteiger charge is -2.23. The fourth-order valence-electron chi connectivity index (χ4n) is 3.01. The highest BCUT2D eigenvalue weighted by Crippen LogP contribution is 2.16. The SMILES string of the molecule is C=CCN(CCc1ccco1)C(=O)c1ccn(C2CCCNC2)n1. The first-order chi connectivity index (χ1) is 11.8. The van der Waals surface area contributed by atoms with Gasteiger partial charge in [0.2, 0.25) is 0 Å². The smallest absolute Gasteiger partial charge is 0.274 e. The largest absolute Gasteiger partial charge is 0.469 e. The quantitative estimate of drug-likeness (QED) is 0.792. The van der Waals surface area contributed by atoms with Crippen LogP contribution >= 0.6 is 0 Å². The first-order valence-corrected chi connectivity index (χ1v) is 8.46. The zero-order chi connectivity index (χ0) is 16.8. The van der Waals surface area contributed by atoms with Crippen molar-refractivity contribution < 1.29 is 9.21 Å². The van der Waals surface area contributed by atoms with E-state index in [2.05, 4.69) is 17.0 Å². The molecule has 1 atom stereocenters. The van der Waals surface area contributed by atoms with Gasteiger partial charge in [0.25, 0.3) is 5.91 Å². The van der Waals surface area contributed by atoms with Crippen molar-refractivity contribution in [2.45, 2.75) is 25.3 Å². The van der Waals surface area contributed by atoms with Gasteiger partial charge in [-0.3, -0.25) is 9.48 Å². The molecule has 0 aliphatic carbocycles. The predicted octanol–water partition coefficient (Wildman–Crippen LogP) is 2.27. The van der Waals surface area contributed by atoms with Gasteiger partial charge in [0.05, 0.1) is 12.3 Å². The highest BCUT2D eigenvalue weighted by atomic mass is 16.3. The topological polar surface area (TPSA) is 63.3 Å². The van der Waals surface area contributed by atoms with Crippen molar-refractivity contribution in [2.75, 3.05) is 26.2 Å². The van der Waals surface area contributed by atoms with Crippen LogP contribution in [-0.4, -0.2) is 46.8 Å². The first kappa shape index (κ1) is 16.5. The van der Waals surface area contributed by atoms with Gasteiger partial charge in [0.15, 0.2) is 0 Å². The number of nitrogens with one attached hydrogen (secondary N) is 1. The Bertz CT molecular complexity index is 656. The standard InChI is InChI=1S/C18H24N4O2/c1-2-10-21(11-7-16-6-4-13-24-16)18(23)17-8-12-22(20-17)15-5-3-9-19-14-15/h2,4,6,8,12-13,15,19H,1,3,5,7,9-11,14H2. The van der Waals surface area contributed by atoms with E-state index in [1.165, 1.54) is 0 Å². The Hall–Kier alpha value is -2.34. The number of amides is 1. The van der Waals surface area contributed by atoms with Crippen LogP contribution < -0.4 is 5.32 Å². The van der Waals surface area contributed by atoms with Crippen LogP contribution in [0.3, 0.4) is 0 Å². The third-order valence-corrected chi connectivity index (χ3v) is 4.32. The van der Waals surface area contributed by atoms with E-state index in [4.69, 9.17) is 4.42 Å². The van der Waals surface area contributed by atoms with Crippen LogP contribution in [0, 0.1) is 0 Å². The summed E-state index contributed by atoms with van der Waals surface area (Å²) < 4.78 is 7.26. The minimum atomic E-state index is -0.0658. The monoisotopic (exact) mass is 328 g/mol. The van der Waals surface area contributed by atoms with Gasteiger partial charge in [0, 0.05) is 32.3 Å². The lowest BCUT2D eigenvalue weighted by atomic mass is 10.1. The summed E-state index contributed by atoms with van der Waals surface area (Å²) in [5.41, 5.74) is 0.488. The van der Waals surface area contributed by atoms with E-state index in [0.29, 0.717) is 31.2 Å². The Balaban J connectivity index is 1.65. The Morgan fingerprint density at radius 2 is 2.46 bits per heavy atom. The molecular formula is C18H24N4O2. The molecule has 6 nitrogen and oxygen atoms in total. The van der Waals surface area contributed by atoms with E-state index >= 15 is 0 Å². The van der Waals surface area contributed by atoms with Crippen LogP contribution in [0.1, 0.15) is 35.1 Å². The van der Waals surface area contributed by atoms with Crippen LogP contribution in [0.5, 0.6) is 0 Å². The third kappa shape index (κ3) is 3.94. The Kier molecular flexibility index (Phi) is 5.48. The molecule has 0 radical (unpaired) electrons. The number of nitrogens with zero attached hydrogens (tertiary/aromatic N) is 3. The zero-order valence-electron chi connectivity index (χ0n) is 13.9. The summed E-state index contributed by atoms with van der Waals surface area (Å²) in [5, 5.41) is 7.88. The first-order valence-electron chi connectivity index (χ1n) is 8.46. The highest BCUT2D eigenvalue weighted by Gasteiger charge is 2.21. The lowest BCUT2D eigenvalue weighted by Crippen LogP contribution is -2.34. The van der Waals surface area contributed by atoms with Crippen molar-refractivity contribution in [2.24, 2.45) is 0 Å². The van der Waals surface area contributed by atoms with Gasteiger partial charge >= 0.3 is 0 Å². The van der Waals surface area contributed by atoms with E-state index in [1.54, 1.807) is 23.3 Å². The van der Waals surface area contributed by atoms with Crippen LogP contribution in [0.25, 0.3) is 0 Å². The number of furan rings is 1. The number of carbonyl (C=O) groups excluding carboxylic acids is 1. The molecule has 1 N–H and O–H groups in total. The van der Waals surface area contributed by atoms with Gasteiger partial charge in [-0.15, -0.1) is 6.58 Å². The molecule has 1 saturated heterocycles. The van der Waals surface area contributed by atoms with Gasteiger partial charge in [0.1, 0.15) is 11.5 Å². The molecule has 1 unspecified atom stereocenters. The minimum Gasteiger partial charge on any atom is -0.469 e. The average molecular weight is 328 g/mol. The Morgan fingerprint density at radius 1 is 1.54 bits per heavy atom. The van der Waals surface area contributed by atoms with Crippen molar-refractivity contribution in [3.63, 3.8) is 0 Å². The van der Waals surface area contributed by atoms with Gasteiger partial charge in [-0.05, 0) is 37.6 Å². The molecule has 0 saturated carbocycles. The Labute approximate surface area is 142 Å². The molecule has 2 aromatic heterocycles. The minimum absolute atomic E-state index is 0.0658. The van der Waals surface area contributed by atoms with Gasteiger partial charge in [-0.1, -0.05) is 6.08 Å². The summed E-state index contributed by atoms with van der Waals surface area (Å²) in [6, 6.07) is 5.91. The van der Waals surface area contributed by atoms with Crippen LogP contribution in [0.2, 0.25) is 0 Å². The summed E-state index contributed by atoms with van der Waals surface area (Å²) in [4.78, 5) is 14.5. The van der Waals surface area contributed by atoms with Crippen molar-refractivity contribution in [3.8, 4) is 0 Å². The summed E-state index contributed by atoms with van der Waals surface area (Å²) in [6.07, 6.45) is 8.21. The second kappa shape index (κ2) is 7.97. The van der Waals surface area contributed by atoms with Crippen molar-refractivity contribution in [1.82, 2.24) is 20.0 Å². The molecule has 3 rings (SSSR count). The maximum atomic E-state index is 12.7. The molecule has 24 heavy (non-hydrogen) atoms. The molecule has 3 heterocycles. The van der Waals surface area contributed by atoms with Gasteiger partial charge in [-0.2, -0.15) is 5.10 Å². The van der Waals surface area contributed by atoms with Gasteiger partial charge < -0.3 is 14.6 Å². The van der Waals surface area contributed by atoms with E-state index < -0.39 is 0 Å². The fourth-order valence-corrected chi connectivity index (χ4v) is 3.01. The molecule has 0 bridgehead atoms. The molecule has 0 spiro atoms. The van der Waals surface area contributed by atoms with Crippen LogP contribution in [-0.2, 0) is 6.42 Å². The maximum Gasteiger partial charge on any atom is 0.274 e. The summed E-state index contributed by atoms with van der Waals surface area (Å²) in [5.74, 6) is 0.805. The molecule has 1 aliphatic heterocycles. The van der Waals surface area contributed by atoms with Crippen LogP contribution in [0.15, 0.2) is 47.7 Å². The molecule has 1 fully saturated rings. The Morgan fingerprint density at radius 3 is 3.17 bits per heavy atom. The molecule has 6 heteroatoms. The predicted molar refractivity (Wildman–Crippen MR) is 91.9 cm³/mol. The van der Waals surface area contributed by atoms with Crippen molar-refractivity contribution >= 4 is 5.91 Å². The molecule has 2 aromatic rings. The molecule has 128 valence electrons. The lowest BCUT2D eigenvalue weighted by molar-refractivity contribution is 0.0766. The van der Waals surface area contributed by atoms with Crippen LogP contribution in [0.4, 0.5) is 0 Å². The summed E-state index contributed by atoms with van der Waals surface area (Å²) >= 11 is 0.